The number of hydrogen-bond acceptors (Lipinski definition) is 5. The van der Waals surface area contributed by atoms with Gasteiger partial charge in [-0.1, -0.05) is 19.8 Å². The maximum Gasteiger partial charge on any atom is 0.234 e. The van der Waals surface area contributed by atoms with Crippen molar-refractivity contribution in [2.45, 2.75) is 57.5 Å². The van der Waals surface area contributed by atoms with E-state index in [1.165, 1.54) is 19.1 Å². The Balaban J connectivity index is 1.36. The summed E-state index contributed by atoms with van der Waals surface area (Å²) >= 11 is 0. The van der Waals surface area contributed by atoms with Crippen molar-refractivity contribution < 1.29 is 13.2 Å². The first-order chi connectivity index (χ1) is 12.8. The van der Waals surface area contributed by atoms with Gasteiger partial charge in [0, 0.05) is 51.4 Å². The zero-order valence-electron chi connectivity index (χ0n) is 16.9. The van der Waals surface area contributed by atoms with Crippen LogP contribution in [0.3, 0.4) is 0 Å². The molecule has 2 heterocycles. The molecule has 27 heavy (non-hydrogen) atoms. The van der Waals surface area contributed by atoms with Crippen LogP contribution < -0.4 is 5.32 Å². The summed E-state index contributed by atoms with van der Waals surface area (Å²) in [7, 11) is -3.06. The first-order valence-corrected chi connectivity index (χ1v) is 12.4. The summed E-state index contributed by atoms with van der Waals surface area (Å²) in [4.78, 5) is 17.1. The number of rotatable bonds is 5. The third kappa shape index (κ3) is 6.14. The van der Waals surface area contributed by atoms with Crippen LogP contribution in [0.2, 0.25) is 0 Å². The summed E-state index contributed by atoms with van der Waals surface area (Å²) < 4.78 is 24.9. The van der Waals surface area contributed by atoms with Gasteiger partial charge in [-0.15, -0.1) is 0 Å². The highest BCUT2D eigenvalue weighted by Gasteiger charge is 2.30. The lowest BCUT2D eigenvalue weighted by Crippen LogP contribution is -2.55. The van der Waals surface area contributed by atoms with Crippen LogP contribution in [-0.2, 0) is 14.8 Å². The van der Waals surface area contributed by atoms with E-state index in [-0.39, 0.29) is 5.91 Å². The van der Waals surface area contributed by atoms with Gasteiger partial charge in [-0.05, 0) is 31.6 Å². The summed E-state index contributed by atoms with van der Waals surface area (Å²) in [5, 5.41) is 3.23. The predicted molar refractivity (Wildman–Crippen MR) is 107 cm³/mol. The van der Waals surface area contributed by atoms with E-state index in [2.05, 4.69) is 22.0 Å². The molecule has 3 rings (SSSR count). The second-order valence-electron chi connectivity index (χ2n) is 8.74. The van der Waals surface area contributed by atoms with Crippen molar-refractivity contribution in [3.63, 3.8) is 0 Å². The lowest BCUT2D eigenvalue weighted by Gasteiger charge is -2.42. The normalized spacial score (nSPS) is 30.3. The Bertz CT molecular complexity index is 596. The minimum atomic E-state index is -3.06. The SMILES string of the molecule is C[C@@H]1CCC[C@H](NC(=O)CN2CCN(C3CCN(S(C)(=O)=O)CC3)CC2)C1. The Labute approximate surface area is 164 Å². The quantitative estimate of drug-likeness (QED) is 0.736. The van der Waals surface area contributed by atoms with E-state index in [9.17, 15) is 13.2 Å². The van der Waals surface area contributed by atoms with E-state index in [0.29, 0.717) is 31.7 Å². The first kappa shape index (κ1) is 21.0. The van der Waals surface area contributed by atoms with Crippen molar-refractivity contribution in [2.24, 2.45) is 5.92 Å². The molecule has 0 aromatic rings. The molecule has 2 saturated heterocycles. The third-order valence-electron chi connectivity index (χ3n) is 6.48. The van der Waals surface area contributed by atoms with Crippen LogP contribution in [0.5, 0.6) is 0 Å². The van der Waals surface area contributed by atoms with Gasteiger partial charge < -0.3 is 5.32 Å². The van der Waals surface area contributed by atoms with E-state index in [1.807, 2.05) is 0 Å². The lowest BCUT2D eigenvalue weighted by atomic mass is 9.87. The van der Waals surface area contributed by atoms with Gasteiger partial charge in [0.05, 0.1) is 12.8 Å². The van der Waals surface area contributed by atoms with Crippen molar-refractivity contribution in [3.8, 4) is 0 Å². The number of nitrogens with one attached hydrogen (secondary N) is 1. The topological polar surface area (TPSA) is 73.0 Å². The molecule has 1 aliphatic carbocycles. The number of nitrogens with zero attached hydrogens (tertiary/aromatic N) is 3. The van der Waals surface area contributed by atoms with Crippen LogP contribution in [0.15, 0.2) is 0 Å². The number of sulfonamides is 1. The predicted octanol–water partition coefficient (Wildman–Crippen LogP) is 0.723. The molecule has 1 amide bonds. The van der Waals surface area contributed by atoms with Gasteiger partial charge in [-0.3, -0.25) is 14.6 Å². The zero-order valence-corrected chi connectivity index (χ0v) is 17.7. The van der Waals surface area contributed by atoms with Gasteiger partial charge in [0.1, 0.15) is 0 Å². The van der Waals surface area contributed by atoms with Crippen molar-refractivity contribution >= 4 is 15.9 Å². The van der Waals surface area contributed by atoms with Gasteiger partial charge in [0.15, 0.2) is 0 Å². The monoisotopic (exact) mass is 400 g/mol. The Morgan fingerprint density at radius 3 is 2.26 bits per heavy atom. The largest absolute Gasteiger partial charge is 0.352 e. The Hall–Kier alpha value is -0.700. The Kier molecular flexibility index (Phi) is 7.16. The zero-order chi connectivity index (χ0) is 19.4. The molecule has 0 aromatic heterocycles. The van der Waals surface area contributed by atoms with Crippen LogP contribution in [0.25, 0.3) is 0 Å². The fraction of sp³-hybridized carbons (Fsp3) is 0.947. The highest BCUT2D eigenvalue weighted by molar-refractivity contribution is 7.88. The molecule has 8 heteroatoms. The fourth-order valence-electron chi connectivity index (χ4n) is 4.87. The first-order valence-electron chi connectivity index (χ1n) is 10.5. The van der Waals surface area contributed by atoms with Gasteiger partial charge in [0.25, 0.3) is 0 Å². The summed E-state index contributed by atoms with van der Waals surface area (Å²) in [6, 6.07) is 0.838. The molecular weight excluding hydrogens is 364 g/mol. The van der Waals surface area contributed by atoms with Crippen molar-refractivity contribution in [3.05, 3.63) is 0 Å². The average molecular weight is 401 g/mol. The minimum Gasteiger partial charge on any atom is -0.352 e. The van der Waals surface area contributed by atoms with E-state index >= 15 is 0 Å². The number of amides is 1. The van der Waals surface area contributed by atoms with Crippen LogP contribution in [0.1, 0.15) is 45.4 Å². The number of carbonyl (C=O) groups is 1. The molecule has 156 valence electrons. The molecule has 0 aromatic carbocycles. The summed E-state index contributed by atoms with van der Waals surface area (Å²) in [5.74, 6) is 0.894. The summed E-state index contributed by atoms with van der Waals surface area (Å²) in [5.41, 5.74) is 0. The molecule has 0 bridgehead atoms. The number of carbonyl (C=O) groups excluding carboxylic acids is 1. The van der Waals surface area contributed by atoms with Crippen LogP contribution in [0.4, 0.5) is 0 Å². The van der Waals surface area contributed by atoms with Gasteiger partial charge in [-0.2, -0.15) is 0 Å². The molecule has 1 saturated carbocycles. The second kappa shape index (κ2) is 9.20. The summed E-state index contributed by atoms with van der Waals surface area (Å²) in [6.07, 6.45) is 7.87. The maximum atomic E-state index is 12.4. The van der Waals surface area contributed by atoms with Crippen LogP contribution >= 0.6 is 0 Å². The van der Waals surface area contributed by atoms with Crippen molar-refractivity contribution in [1.82, 2.24) is 19.4 Å². The molecule has 7 nitrogen and oxygen atoms in total. The van der Waals surface area contributed by atoms with E-state index in [4.69, 9.17) is 0 Å². The van der Waals surface area contributed by atoms with E-state index in [1.54, 1.807) is 4.31 Å². The third-order valence-corrected chi connectivity index (χ3v) is 7.79. The average Bonchev–Trinajstić information content (AvgIpc) is 2.62. The van der Waals surface area contributed by atoms with Gasteiger partial charge >= 0.3 is 0 Å². The molecule has 0 spiro atoms. The fourth-order valence-corrected chi connectivity index (χ4v) is 5.74. The van der Waals surface area contributed by atoms with Gasteiger partial charge in [0.2, 0.25) is 15.9 Å². The molecule has 0 unspecified atom stereocenters. The van der Waals surface area contributed by atoms with Crippen LogP contribution in [0, 0.1) is 5.92 Å². The Morgan fingerprint density at radius 1 is 1.00 bits per heavy atom. The van der Waals surface area contributed by atoms with Crippen molar-refractivity contribution in [1.29, 1.82) is 0 Å². The number of hydrogen-bond donors (Lipinski definition) is 1. The number of piperazine rings is 1. The maximum absolute atomic E-state index is 12.4. The molecule has 1 N–H and O–H groups in total. The summed E-state index contributed by atoms with van der Waals surface area (Å²) in [6.45, 7) is 7.82. The Morgan fingerprint density at radius 2 is 1.67 bits per heavy atom. The van der Waals surface area contributed by atoms with E-state index in [0.717, 1.165) is 57.8 Å². The minimum absolute atomic E-state index is 0.170. The van der Waals surface area contributed by atoms with E-state index < -0.39 is 10.0 Å². The second-order valence-corrected chi connectivity index (χ2v) is 10.7. The molecular formula is C19H36N4O3S. The lowest BCUT2D eigenvalue weighted by molar-refractivity contribution is -0.123. The molecule has 0 radical (unpaired) electrons. The smallest absolute Gasteiger partial charge is 0.234 e. The highest BCUT2D eigenvalue weighted by atomic mass is 32.2. The molecule has 2 atom stereocenters. The van der Waals surface area contributed by atoms with Crippen LogP contribution in [-0.4, -0.2) is 92.6 Å². The molecule has 3 aliphatic rings. The standard InChI is InChI=1S/C19H36N4O3S/c1-16-4-3-5-17(14-16)20-19(24)15-21-10-12-22(13-11-21)18-6-8-23(9-7-18)27(2,25)26/h16-18H,3-15H2,1-2H3,(H,20,24)/t16-,17+/m1/s1. The molecule has 2 aliphatic heterocycles. The number of piperidine rings is 1. The highest BCUT2D eigenvalue weighted by Crippen LogP contribution is 2.23. The van der Waals surface area contributed by atoms with Gasteiger partial charge in [-0.25, -0.2) is 12.7 Å². The van der Waals surface area contributed by atoms with Crippen molar-refractivity contribution in [2.75, 3.05) is 52.1 Å². The molecule has 3 fully saturated rings.